The normalized spacial score (nSPS) is 10.6. The Morgan fingerprint density at radius 2 is 1.96 bits per heavy atom. The van der Waals surface area contributed by atoms with Gasteiger partial charge < -0.3 is 9.47 Å². The fraction of sp³-hybridized carbons (Fsp3) is 0.263. The molecule has 0 fully saturated rings. The van der Waals surface area contributed by atoms with Crippen molar-refractivity contribution in [3.05, 3.63) is 59.4 Å². The monoisotopic (exact) mass is 386 g/mol. The predicted octanol–water partition coefficient (Wildman–Crippen LogP) is 3.53. The number of carbonyl (C=O) groups excluding carboxylic acids is 1. The first-order valence-corrected chi connectivity index (χ1v) is 8.93. The fourth-order valence-corrected chi connectivity index (χ4v) is 2.70. The molecule has 0 aliphatic heterocycles. The molecule has 27 heavy (non-hydrogen) atoms. The largest absolute Gasteiger partial charge is 0.480 e. The van der Waals surface area contributed by atoms with Gasteiger partial charge >= 0.3 is 5.97 Å². The molecular weight excluding hydrogens is 368 g/mol. The molecule has 8 heteroatoms. The molecule has 0 amide bonds. The van der Waals surface area contributed by atoms with Crippen LogP contribution in [0.3, 0.4) is 0 Å². The van der Waals surface area contributed by atoms with Gasteiger partial charge in [0.05, 0.1) is 5.02 Å². The molecule has 0 unspecified atom stereocenters. The number of aromatic nitrogens is 4. The van der Waals surface area contributed by atoms with E-state index in [1.165, 1.54) is 0 Å². The van der Waals surface area contributed by atoms with Gasteiger partial charge in [0.25, 0.3) is 0 Å². The van der Waals surface area contributed by atoms with Crippen LogP contribution in [0.2, 0.25) is 5.02 Å². The van der Waals surface area contributed by atoms with E-state index in [0.29, 0.717) is 23.1 Å². The van der Waals surface area contributed by atoms with Crippen LogP contribution < -0.4 is 4.74 Å². The smallest absolute Gasteiger partial charge is 0.344 e. The minimum absolute atomic E-state index is 0.00410. The molecule has 0 aliphatic rings. The number of esters is 1. The Morgan fingerprint density at radius 3 is 2.70 bits per heavy atom. The molecule has 3 aromatic rings. The Balaban J connectivity index is 1.53. The summed E-state index contributed by atoms with van der Waals surface area (Å²) in [6.07, 6.45) is 0.882. The molecule has 0 atom stereocenters. The van der Waals surface area contributed by atoms with E-state index in [2.05, 4.69) is 15.5 Å². The molecule has 0 aliphatic carbocycles. The third-order valence-corrected chi connectivity index (χ3v) is 4.08. The molecule has 140 valence electrons. The first kappa shape index (κ1) is 18.8. The van der Waals surface area contributed by atoms with E-state index in [0.717, 1.165) is 17.5 Å². The molecule has 0 spiro atoms. The second-order valence-electron chi connectivity index (χ2n) is 5.78. The van der Waals surface area contributed by atoms with E-state index >= 15 is 0 Å². The fourth-order valence-electron chi connectivity index (χ4n) is 2.46. The number of hydrogen-bond acceptors (Lipinski definition) is 6. The number of hydrogen-bond donors (Lipinski definition) is 0. The summed E-state index contributed by atoms with van der Waals surface area (Å²) in [6.45, 7) is 2.42. The molecule has 0 bridgehead atoms. The van der Waals surface area contributed by atoms with Gasteiger partial charge in [-0.3, -0.25) is 0 Å². The highest BCUT2D eigenvalue weighted by atomic mass is 35.5. The van der Waals surface area contributed by atoms with Gasteiger partial charge in [-0.2, -0.15) is 0 Å². The van der Waals surface area contributed by atoms with Crippen molar-refractivity contribution in [3.8, 4) is 16.9 Å². The standard InChI is InChI=1S/C19H19ClN4O3/c1-2-10-24-18(21-22-23-24)12-27-19(25)13-26-17-9-8-15(11-16(17)20)14-6-4-3-5-7-14/h3-9,11H,2,10,12-13H2,1H3. The van der Waals surface area contributed by atoms with Gasteiger partial charge in [0, 0.05) is 6.54 Å². The van der Waals surface area contributed by atoms with Gasteiger partial charge in [0.15, 0.2) is 19.0 Å². The topological polar surface area (TPSA) is 79.1 Å². The van der Waals surface area contributed by atoms with Crippen LogP contribution in [0.15, 0.2) is 48.5 Å². The summed E-state index contributed by atoms with van der Waals surface area (Å²) in [7, 11) is 0. The van der Waals surface area contributed by atoms with Crippen molar-refractivity contribution in [2.45, 2.75) is 26.5 Å². The van der Waals surface area contributed by atoms with Crippen LogP contribution in [0, 0.1) is 0 Å². The van der Waals surface area contributed by atoms with Crippen LogP contribution >= 0.6 is 11.6 Å². The van der Waals surface area contributed by atoms with Crippen molar-refractivity contribution in [1.29, 1.82) is 0 Å². The van der Waals surface area contributed by atoms with Crippen molar-refractivity contribution in [3.63, 3.8) is 0 Å². The maximum atomic E-state index is 11.9. The first-order valence-electron chi connectivity index (χ1n) is 8.56. The van der Waals surface area contributed by atoms with E-state index in [4.69, 9.17) is 21.1 Å². The molecule has 3 rings (SSSR count). The van der Waals surface area contributed by atoms with Crippen molar-refractivity contribution in [2.24, 2.45) is 0 Å². The van der Waals surface area contributed by atoms with Gasteiger partial charge in [-0.15, -0.1) is 5.10 Å². The van der Waals surface area contributed by atoms with Gasteiger partial charge in [0.2, 0.25) is 0 Å². The zero-order valence-corrected chi connectivity index (χ0v) is 15.6. The van der Waals surface area contributed by atoms with Crippen molar-refractivity contribution in [2.75, 3.05) is 6.61 Å². The van der Waals surface area contributed by atoms with E-state index < -0.39 is 5.97 Å². The van der Waals surface area contributed by atoms with Gasteiger partial charge in [-0.05, 0) is 40.1 Å². The Kier molecular flexibility index (Phi) is 6.38. The van der Waals surface area contributed by atoms with Gasteiger partial charge in [0.1, 0.15) is 5.75 Å². The third-order valence-electron chi connectivity index (χ3n) is 3.79. The first-order chi connectivity index (χ1) is 13.2. The minimum atomic E-state index is -0.524. The second kappa shape index (κ2) is 9.14. The SMILES string of the molecule is CCCn1nnnc1COC(=O)COc1ccc(-c2ccccc2)cc1Cl. The molecule has 1 heterocycles. The Hall–Kier alpha value is -2.93. The van der Waals surface area contributed by atoms with Crippen molar-refractivity contribution >= 4 is 17.6 Å². The number of aryl methyl sites for hydroxylation is 1. The van der Waals surface area contributed by atoms with Crippen molar-refractivity contribution in [1.82, 2.24) is 20.2 Å². The Bertz CT molecular complexity index is 899. The lowest BCUT2D eigenvalue weighted by Crippen LogP contribution is -2.16. The summed E-state index contributed by atoms with van der Waals surface area (Å²) < 4.78 is 12.2. The zero-order valence-electron chi connectivity index (χ0n) is 14.8. The molecule has 7 nitrogen and oxygen atoms in total. The van der Waals surface area contributed by atoms with Crippen LogP contribution in [-0.2, 0) is 22.7 Å². The van der Waals surface area contributed by atoms with E-state index in [1.54, 1.807) is 16.8 Å². The van der Waals surface area contributed by atoms with E-state index in [9.17, 15) is 4.79 Å². The van der Waals surface area contributed by atoms with Crippen LogP contribution in [0.25, 0.3) is 11.1 Å². The lowest BCUT2D eigenvalue weighted by Gasteiger charge is -2.10. The highest BCUT2D eigenvalue weighted by Crippen LogP contribution is 2.30. The number of carbonyl (C=O) groups is 1. The Labute approximate surface area is 161 Å². The number of nitrogens with zero attached hydrogens (tertiary/aromatic N) is 4. The van der Waals surface area contributed by atoms with Gasteiger partial charge in [-0.25, -0.2) is 9.48 Å². The summed E-state index contributed by atoms with van der Waals surface area (Å²) in [6, 6.07) is 15.3. The molecule has 0 saturated heterocycles. The lowest BCUT2D eigenvalue weighted by molar-refractivity contribution is -0.147. The summed E-state index contributed by atoms with van der Waals surface area (Å²) in [5, 5.41) is 11.7. The average molecular weight is 387 g/mol. The maximum absolute atomic E-state index is 11.9. The molecule has 0 radical (unpaired) electrons. The van der Waals surface area contributed by atoms with Crippen LogP contribution in [0.4, 0.5) is 0 Å². The lowest BCUT2D eigenvalue weighted by atomic mass is 10.1. The maximum Gasteiger partial charge on any atom is 0.344 e. The molecule has 0 saturated carbocycles. The summed E-state index contributed by atoms with van der Waals surface area (Å²) in [5.74, 6) is 0.392. The quantitative estimate of drug-likeness (QED) is 0.551. The highest BCUT2D eigenvalue weighted by molar-refractivity contribution is 6.32. The molecule has 1 aromatic heterocycles. The zero-order chi connectivity index (χ0) is 19.1. The number of benzene rings is 2. The van der Waals surface area contributed by atoms with Gasteiger partial charge in [-0.1, -0.05) is 54.9 Å². The minimum Gasteiger partial charge on any atom is -0.480 e. The average Bonchev–Trinajstić information content (AvgIpc) is 3.13. The van der Waals surface area contributed by atoms with Crippen LogP contribution in [0.5, 0.6) is 5.75 Å². The highest BCUT2D eigenvalue weighted by Gasteiger charge is 2.11. The molecular formula is C19H19ClN4O3. The van der Waals surface area contributed by atoms with Crippen LogP contribution in [-0.4, -0.2) is 32.8 Å². The summed E-state index contributed by atoms with van der Waals surface area (Å²) in [4.78, 5) is 11.9. The summed E-state index contributed by atoms with van der Waals surface area (Å²) >= 11 is 6.27. The number of ether oxygens (including phenoxy) is 2. The van der Waals surface area contributed by atoms with Crippen LogP contribution in [0.1, 0.15) is 19.2 Å². The van der Waals surface area contributed by atoms with E-state index in [1.807, 2.05) is 43.3 Å². The van der Waals surface area contributed by atoms with E-state index in [-0.39, 0.29) is 13.2 Å². The molecule has 2 aromatic carbocycles. The predicted molar refractivity (Wildman–Crippen MR) is 100 cm³/mol. The molecule has 0 N–H and O–H groups in total. The summed E-state index contributed by atoms with van der Waals surface area (Å²) in [5.41, 5.74) is 2.02. The number of tetrazole rings is 1. The third kappa shape index (κ3) is 5.04. The second-order valence-corrected chi connectivity index (χ2v) is 6.19. The van der Waals surface area contributed by atoms with Crippen molar-refractivity contribution < 1.29 is 14.3 Å². The Morgan fingerprint density at radius 1 is 1.15 bits per heavy atom. The number of rotatable bonds is 8. The number of halogens is 1.